The summed E-state index contributed by atoms with van der Waals surface area (Å²) in [6.07, 6.45) is 4.43. The van der Waals surface area contributed by atoms with Crippen molar-refractivity contribution >= 4 is 17.7 Å². The molecule has 2 heterocycles. The molecule has 1 aliphatic rings. The Labute approximate surface area is 142 Å². The molecule has 0 aromatic carbocycles. The Bertz CT molecular complexity index is 591. The van der Waals surface area contributed by atoms with Crippen molar-refractivity contribution in [2.45, 2.75) is 19.8 Å². The Morgan fingerprint density at radius 2 is 1.96 bits per heavy atom. The number of nitrogens with one attached hydrogen (secondary N) is 1. The van der Waals surface area contributed by atoms with Crippen LogP contribution in [0.2, 0.25) is 0 Å². The van der Waals surface area contributed by atoms with Crippen LogP contribution in [-0.2, 0) is 20.8 Å². The predicted molar refractivity (Wildman–Crippen MR) is 88.9 cm³/mol. The maximum Gasteiger partial charge on any atom is 0.226 e. The van der Waals surface area contributed by atoms with Crippen LogP contribution in [0.1, 0.15) is 18.9 Å². The summed E-state index contributed by atoms with van der Waals surface area (Å²) in [7, 11) is 1.57. The van der Waals surface area contributed by atoms with Crippen molar-refractivity contribution in [3.8, 4) is 0 Å². The molecule has 0 radical (unpaired) electrons. The van der Waals surface area contributed by atoms with Crippen molar-refractivity contribution in [1.29, 1.82) is 0 Å². The Hall–Kier alpha value is -2.44. The topological polar surface area (TPSA) is 82.6 Å². The highest BCUT2D eigenvalue weighted by atomic mass is 16.2. The van der Waals surface area contributed by atoms with Crippen LogP contribution in [-0.4, -0.2) is 65.7 Å². The molecule has 0 spiro atoms. The van der Waals surface area contributed by atoms with E-state index in [1.807, 2.05) is 12.1 Å². The molecule has 1 N–H and O–H groups in total. The molecule has 7 heteroatoms. The lowest BCUT2D eigenvalue weighted by Crippen LogP contribution is -2.42. The third-order valence-electron chi connectivity index (χ3n) is 4.29. The number of hydrogen-bond donors (Lipinski definition) is 1. The van der Waals surface area contributed by atoms with E-state index in [9.17, 15) is 14.4 Å². The van der Waals surface area contributed by atoms with Gasteiger partial charge in [0.15, 0.2) is 0 Å². The predicted octanol–water partition coefficient (Wildman–Crippen LogP) is 0.0671. The summed E-state index contributed by atoms with van der Waals surface area (Å²) >= 11 is 0. The second kappa shape index (κ2) is 8.42. The summed E-state index contributed by atoms with van der Waals surface area (Å²) in [6.45, 7) is 3.10. The van der Waals surface area contributed by atoms with Crippen molar-refractivity contribution in [2.24, 2.45) is 5.92 Å². The average Bonchev–Trinajstić information content (AvgIpc) is 2.83. The molecule has 1 aliphatic heterocycles. The Kier molecular flexibility index (Phi) is 6.28. The molecule has 0 aliphatic carbocycles. The number of amides is 3. The third-order valence-corrected chi connectivity index (χ3v) is 4.29. The first-order valence-electron chi connectivity index (χ1n) is 8.15. The molecular formula is C17H24N4O3. The molecule has 1 fully saturated rings. The molecule has 1 saturated heterocycles. The largest absolute Gasteiger partial charge is 0.359 e. The minimum atomic E-state index is -0.399. The van der Waals surface area contributed by atoms with Gasteiger partial charge in [0.25, 0.3) is 0 Å². The summed E-state index contributed by atoms with van der Waals surface area (Å²) in [4.78, 5) is 43.6. The van der Waals surface area contributed by atoms with Gasteiger partial charge in [-0.15, -0.1) is 0 Å². The number of pyridine rings is 1. The molecule has 3 amide bonds. The number of carbonyl (C=O) groups is 3. The number of aromatic nitrogens is 1. The van der Waals surface area contributed by atoms with Crippen LogP contribution < -0.4 is 5.32 Å². The van der Waals surface area contributed by atoms with Gasteiger partial charge in [0, 0.05) is 59.0 Å². The van der Waals surface area contributed by atoms with Crippen LogP contribution in [0.25, 0.3) is 0 Å². The summed E-state index contributed by atoms with van der Waals surface area (Å²) in [6, 6.07) is 3.78. The highest BCUT2D eigenvalue weighted by Gasteiger charge is 2.30. The molecule has 1 aromatic heterocycles. The van der Waals surface area contributed by atoms with E-state index in [0.29, 0.717) is 39.0 Å². The maximum absolute atomic E-state index is 12.5. The highest BCUT2D eigenvalue weighted by Crippen LogP contribution is 2.13. The van der Waals surface area contributed by atoms with E-state index in [1.165, 1.54) is 6.92 Å². The first kappa shape index (κ1) is 17.9. The molecule has 2 rings (SSSR count). The van der Waals surface area contributed by atoms with Gasteiger partial charge in [-0.3, -0.25) is 19.4 Å². The Morgan fingerprint density at radius 1 is 1.25 bits per heavy atom. The molecule has 1 unspecified atom stereocenters. The molecule has 130 valence electrons. The van der Waals surface area contributed by atoms with E-state index in [1.54, 1.807) is 29.2 Å². The van der Waals surface area contributed by atoms with Crippen molar-refractivity contribution in [3.05, 3.63) is 30.1 Å². The first-order chi connectivity index (χ1) is 11.5. The smallest absolute Gasteiger partial charge is 0.226 e. The van der Waals surface area contributed by atoms with Crippen molar-refractivity contribution in [3.63, 3.8) is 0 Å². The van der Waals surface area contributed by atoms with Crippen molar-refractivity contribution in [1.82, 2.24) is 20.1 Å². The maximum atomic E-state index is 12.5. The van der Waals surface area contributed by atoms with E-state index in [-0.39, 0.29) is 17.7 Å². The zero-order valence-electron chi connectivity index (χ0n) is 14.2. The zero-order chi connectivity index (χ0) is 17.5. The van der Waals surface area contributed by atoms with Crippen LogP contribution in [0.3, 0.4) is 0 Å². The van der Waals surface area contributed by atoms with E-state index >= 15 is 0 Å². The Morgan fingerprint density at radius 3 is 2.58 bits per heavy atom. The van der Waals surface area contributed by atoms with E-state index in [2.05, 4.69) is 10.3 Å². The number of aryl methyl sites for hydroxylation is 1. The molecule has 1 aromatic rings. The van der Waals surface area contributed by atoms with Gasteiger partial charge in [0.2, 0.25) is 17.7 Å². The second-order valence-corrected chi connectivity index (χ2v) is 5.98. The van der Waals surface area contributed by atoms with Crippen LogP contribution in [0.5, 0.6) is 0 Å². The number of rotatable bonds is 4. The highest BCUT2D eigenvalue weighted by molar-refractivity contribution is 5.82. The van der Waals surface area contributed by atoms with Gasteiger partial charge in [0.05, 0.1) is 5.92 Å². The normalized spacial score (nSPS) is 18.0. The monoisotopic (exact) mass is 332 g/mol. The minimum absolute atomic E-state index is 0.00171. The van der Waals surface area contributed by atoms with Gasteiger partial charge in [-0.25, -0.2) is 0 Å². The number of nitrogens with zero attached hydrogens (tertiary/aromatic N) is 3. The van der Waals surface area contributed by atoms with E-state index in [0.717, 1.165) is 5.56 Å². The Balaban J connectivity index is 2.00. The summed E-state index contributed by atoms with van der Waals surface area (Å²) in [5, 5.41) is 2.62. The van der Waals surface area contributed by atoms with Crippen molar-refractivity contribution in [2.75, 3.05) is 33.2 Å². The molecule has 0 saturated carbocycles. The second-order valence-electron chi connectivity index (χ2n) is 5.98. The molecule has 1 atom stereocenters. The van der Waals surface area contributed by atoms with Gasteiger partial charge in [-0.05, 0) is 18.1 Å². The average molecular weight is 332 g/mol. The van der Waals surface area contributed by atoms with Crippen LogP contribution in [0.15, 0.2) is 24.5 Å². The fraction of sp³-hybridized carbons (Fsp3) is 0.529. The molecule has 0 bridgehead atoms. The lowest BCUT2D eigenvalue weighted by atomic mass is 10.1. The molecule has 7 nitrogen and oxygen atoms in total. The van der Waals surface area contributed by atoms with Gasteiger partial charge in [0.1, 0.15) is 0 Å². The fourth-order valence-corrected chi connectivity index (χ4v) is 2.85. The summed E-state index contributed by atoms with van der Waals surface area (Å²) in [5.74, 6) is -0.622. The lowest BCUT2D eigenvalue weighted by Gasteiger charge is -2.23. The van der Waals surface area contributed by atoms with Crippen LogP contribution >= 0.6 is 0 Å². The van der Waals surface area contributed by atoms with Gasteiger partial charge in [-0.1, -0.05) is 6.07 Å². The number of hydrogen-bond acceptors (Lipinski definition) is 4. The molecule has 24 heavy (non-hydrogen) atoms. The zero-order valence-corrected chi connectivity index (χ0v) is 14.2. The van der Waals surface area contributed by atoms with Crippen molar-refractivity contribution < 1.29 is 14.4 Å². The quantitative estimate of drug-likeness (QED) is 0.846. The molecular weight excluding hydrogens is 308 g/mol. The lowest BCUT2D eigenvalue weighted by molar-refractivity contribution is -0.133. The van der Waals surface area contributed by atoms with Gasteiger partial charge < -0.3 is 15.1 Å². The van der Waals surface area contributed by atoms with Crippen LogP contribution in [0, 0.1) is 5.92 Å². The minimum Gasteiger partial charge on any atom is -0.359 e. The third kappa shape index (κ3) is 4.78. The summed E-state index contributed by atoms with van der Waals surface area (Å²) in [5.41, 5.74) is 1.01. The SMILES string of the molecule is CNC(=O)C1CN(C(C)=O)CCN(C(=O)CCc2cccnc2)C1. The summed E-state index contributed by atoms with van der Waals surface area (Å²) < 4.78 is 0. The standard InChI is InChI=1S/C17H24N4O3/c1-13(22)20-8-9-21(12-15(11-20)17(24)18-2)16(23)6-5-14-4-3-7-19-10-14/h3-4,7,10,15H,5-6,8-9,11-12H2,1-2H3,(H,18,24). The van der Waals surface area contributed by atoms with Crippen LogP contribution in [0.4, 0.5) is 0 Å². The van der Waals surface area contributed by atoms with Gasteiger partial charge in [-0.2, -0.15) is 0 Å². The van der Waals surface area contributed by atoms with Gasteiger partial charge >= 0.3 is 0 Å². The number of carbonyl (C=O) groups excluding carboxylic acids is 3. The first-order valence-corrected chi connectivity index (χ1v) is 8.15. The van der Waals surface area contributed by atoms with E-state index in [4.69, 9.17) is 0 Å². The fourth-order valence-electron chi connectivity index (χ4n) is 2.85. The van der Waals surface area contributed by atoms with E-state index < -0.39 is 5.92 Å².